The predicted molar refractivity (Wildman–Crippen MR) is 78.2 cm³/mol. The van der Waals surface area contributed by atoms with Gasteiger partial charge < -0.3 is 5.32 Å². The van der Waals surface area contributed by atoms with Crippen molar-refractivity contribution in [3.8, 4) is 0 Å². The van der Waals surface area contributed by atoms with Gasteiger partial charge in [0.15, 0.2) is 0 Å². The lowest BCUT2D eigenvalue weighted by molar-refractivity contribution is 0.146. The van der Waals surface area contributed by atoms with Gasteiger partial charge in [-0.3, -0.25) is 0 Å². The summed E-state index contributed by atoms with van der Waals surface area (Å²) in [6, 6.07) is 7.12. The molecule has 2 nitrogen and oxygen atoms in total. The first-order valence-electron chi connectivity index (χ1n) is 5.74. The van der Waals surface area contributed by atoms with E-state index in [1.54, 1.807) is 0 Å². The van der Waals surface area contributed by atoms with Crippen molar-refractivity contribution in [3.05, 3.63) is 33.5 Å². The first kappa shape index (κ1) is 13.5. The number of nitrogens with zero attached hydrogens (tertiary/aromatic N) is 1. The first-order valence-corrected chi connectivity index (χ1v) is 6.82. The Hall–Kier alpha value is -0.980. The first-order chi connectivity index (χ1) is 8.63. The normalized spacial score (nSPS) is 11.2. The molecule has 0 aliphatic carbocycles. The van der Waals surface area contributed by atoms with E-state index in [9.17, 15) is 8.78 Å². The molecule has 0 radical (unpaired) electrons. The van der Waals surface area contributed by atoms with Crippen LogP contribution >= 0.6 is 22.6 Å². The number of hydrogen-bond acceptors (Lipinski definition) is 2. The predicted octanol–water partition coefficient (Wildman–Crippen LogP) is 4.60. The molecule has 18 heavy (non-hydrogen) atoms. The molecule has 1 heterocycles. The third-order valence-corrected chi connectivity index (χ3v) is 3.47. The fourth-order valence-corrected chi connectivity index (χ4v) is 2.37. The fourth-order valence-electron chi connectivity index (χ4n) is 1.75. The molecule has 2 rings (SSSR count). The summed E-state index contributed by atoms with van der Waals surface area (Å²) in [5.74, 6) is 0. The van der Waals surface area contributed by atoms with E-state index in [2.05, 4.69) is 32.9 Å². The van der Waals surface area contributed by atoms with Crippen LogP contribution in [0.15, 0.2) is 24.3 Å². The smallest absolute Gasteiger partial charge is 0.280 e. The lowest BCUT2D eigenvalue weighted by atomic mass is 10.1. The number of rotatable bonds is 4. The van der Waals surface area contributed by atoms with Crippen molar-refractivity contribution in [2.24, 2.45) is 0 Å². The summed E-state index contributed by atoms with van der Waals surface area (Å²) < 4.78 is 26.6. The zero-order valence-corrected chi connectivity index (χ0v) is 12.0. The van der Waals surface area contributed by atoms with Gasteiger partial charge in [-0.05, 0) is 41.1 Å². The Morgan fingerprint density at radius 1 is 1.39 bits per heavy atom. The quantitative estimate of drug-likeness (QED) is 0.805. The van der Waals surface area contributed by atoms with Gasteiger partial charge in [-0.1, -0.05) is 19.1 Å². The highest BCUT2D eigenvalue weighted by molar-refractivity contribution is 14.1. The molecule has 1 aromatic carbocycles. The lowest BCUT2D eigenvalue weighted by Crippen LogP contribution is -2.03. The van der Waals surface area contributed by atoms with Crippen molar-refractivity contribution in [2.45, 2.75) is 19.8 Å². The minimum Gasteiger partial charge on any atom is -0.384 e. The summed E-state index contributed by atoms with van der Waals surface area (Å²) >= 11 is 2.12. The Balaban J connectivity index is 2.61. The number of halogens is 3. The van der Waals surface area contributed by atoms with Crippen LogP contribution in [0.1, 0.15) is 25.5 Å². The zero-order chi connectivity index (χ0) is 13.1. The molecule has 0 unspecified atom stereocenters. The molecule has 1 N–H and O–H groups in total. The molecule has 5 heteroatoms. The average molecular weight is 362 g/mol. The highest BCUT2D eigenvalue weighted by Gasteiger charge is 2.14. The van der Waals surface area contributed by atoms with Gasteiger partial charge in [0.1, 0.15) is 5.69 Å². The molecule has 0 saturated heterocycles. The maximum absolute atomic E-state index is 12.8. The molecular formula is C13H13F2IN2. The third kappa shape index (κ3) is 2.71. The summed E-state index contributed by atoms with van der Waals surface area (Å²) in [5, 5.41) is 4.07. The van der Waals surface area contributed by atoms with Crippen LogP contribution in [0.3, 0.4) is 0 Å². The molecule has 0 bridgehead atoms. The monoisotopic (exact) mass is 362 g/mol. The second-order valence-electron chi connectivity index (χ2n) is 3.96. The molecule has 0 atom stereocenters. The van der Waals surface area contributed by atoms with Crippen LogP contribution in [0.4, 0.5) is 14.5 Å². The Morgan fingerprint density at radius 3 is 2.83 bits per heavy atom. The van der Waals surface area contributed by atoms with Gasteiger partial charge in [0.2, 0.25) is 0 Å². The van der Waals surface area contributed by atoms with Crippen molar-refractivity contribution in [1.82, 2.24) is 4.98 Å². The van der Waals surface area contributed by atoms with Crippen LogP contribution in [0, 0.1) is 3.57 Å². The number of aromatic nitrogens is 1. The van der Waals surface area contributed by atoms with Gasteiger partial charge in [0.25, 0.3) is 6.43 Å². The number of anilines is 1. The van der Waals surface area contributed by atoms with Gasteiger partial charge in [-0.2, -0.15) is 0 Å². The van der Waals surface area contributed by atoms with Crippen molar-refractivity contribution in [2.75, 3.05) is 11.9 Å². The maximum Gasteiger partial charge on any atom is 0.280 e. The second-order valence-corrected chi connectivity index (χ2v) is 5.12. The summed E-state index contributed by atoms with van der Waals surface area (Å²) in [6.45, 7) is 2.79. The van der Waals surface area contributed by atoms with Crippen molar-refractivity contribution in [1.29, 1.82) is 0 Å². The molecule has 0 spiro atoms. The van der Waals surface area contributed by atoms with E-state index < -0.39 is 6.43 Å². The van der Waals surface area contributed by atoms with Crippen LogP contribution in [0.5, 0.6) is 0 Å². The lowest BCUT2D eigenvalue weighted by Gasteiger charge is -2.11. The molecule has 1 aromatic heterocycles. The summed E-state index contributed by atoms with van der Waals surface area (Å²) in [5.41, 5.74) is 1.19. The van der Waals surface area contributed by atoms with E-state index in [4.69, 9.17) is 0 Å². The van der Waals surface area contributed by atoms with Gasteiger partial charge in [-0.15, -0.1) is 0 Å². The Morgan fingerprint density at radius 2 is 2.17 bits per heavy atom. The number of fused-ring (bicyclic) bond motifs is 1. The van der Waals surface area contributed by atoms with Gasteiger partial charge in [0, 0.05) is 21.2 Å². The molecule has 0 saturated carbocycles. The molecule has 0 aliphatic heterocycles. The number of hydrogen-bond donors (Lipinski definition) is 1. The highest BCUT2D eigenvalue weighted by Crippen LogP contribution is 2.30. The van der Waals surface area contributed by atoms with Crippen molar-refractivity contribution < 1.29 is 8.78 Å². The van der Waals surface area contributed by atoms with E-state index in [-0.39, 0.29) is 5.69 Å². The van der Waals surface area contributed by atoms with E-state index in [1.165, 1.54) is 6.07 Å². The molecular weight excluding hydrogens is 349 g/mol. The van der Waals surface area contributed by atoms with Crippen molar-refractivity contribution in [3.63, 3.8) is 0 Å². The van der Waals surface area contributed by atoms with Gasteiger partial charge in [0.05, 0.1) is 5.52 Å². The number of alkyl halides is 2. The standard InChI is InChI=1S/C13H13F2IN2/c1-2-6-17-10-7-11(13(14)15)18-12-8(10)4-3-5-9(12)16/h3-5,7,13H,2,6H2,1H3,(H,17,18). The number of pyridine rings is 1. The fraction of sp³-hybridized carbons (Fsp3) is 0.308. The largest absolute Gasteiger partial charge is 0.384 e. The average Bonchev–Trinajstić information content (AvgIpc) is 2.36. The molecule has 2 aromatic rings. The number of benzene rings is 1. The van der Waals surface area contributed by atoms with Crippen molar-refractivity contribution >= 4 is 39.2 Å². The Labute approximate surface area is 118 Å². The van der Waals surface area contributed by atoms with Crippen LogP contribution < -0.4 is 5.32 Å². The minimum atomic E-state index is -2.55. The second kappa shape index (κ2) is 5.77. The summed E-state index contributed by atoms with van der Waals surface area (Å²) in [7, 11) is 0. The van der Waals surface area contributed by atoms with E-state index in [0.717, 1.165) is 27.6 Å². The van der Waals surface area contributed by atoms with Gasteiger partial charge >= 0.3 is 0 Å². The van der Waals surface area contributed by atoms with E-state index in [0.29, 0.717) is 5.52 Å². The molecule has 0 aliphatic rings. The summed E-state index contributed by atoms with van der Waals surface area (Å²) in [6.07, 6.45) is -1.61. The van der Waals surface area contributed by atoms with Gasteiger partial charge in [-0.25, -0.2) is 13.8 Å². The minimum absolute atomic E-state index is 0.176. The summed E-state index contributed by atoms with van der Waals surface area (Å²) in [4.78, 5) is 4.05. The molecule has 96 valence electrons. The molecule has 0 fully saturated rings. The third-order valence-electron chi connectivity index (χ3n) is 2.60. The molecule has 0 amide bonds. The van der Waals surface area contributed by atoms with E-state index in [1.807, 2.05) is 25.1 Å². The van der Waals surface area contributed by atoms with Crippen LogP contribution in [0.2, 0.25) is 0 Å². The topological polar surface area (TPSA) is 24.9 Å². The van der Waals surface area contributed by atoms with Crippen LogP contribution in [0.25, 0.3) is 10.9 Å². The number of para-hydroxylation sites is 1. The van der Waals surface area contributed by atoms with Crippen LogP contribution in [-0.4, -0.2) is 11.5 Å². The van der Waals surface area contributed by atoms with Crippen LogP contribution in [-0.2, 0) is 0 Å². The van der Waals surface area contributed by atoms with E-state index >= 15 is 0 Å². The maximum atomic E-state index is 12.8. The Kier molecular flexibility index (Phi) is 4.31. The highest BCUT2D eigenvalue weighted by atomic mass is 127. The Bertz CT molecular complexity index is 558. The SMILES string of the molecule is CCCNc1cc(C(F)F)nc2c(I)cccc12. The zero-order valence-electron chi connectivity index (χ0n) is 9.88. The number of nitrogens with one attached hydrogen (secondary N) is 1.